The minimum absolute atomic E-state index is 0.112. The number of carbonyl (C=O) groups excluding carboxylic acids is 1. The molecule has 3 fully saturated rings. The molecular weight excluding hydrogens is 412 g/mol. The number of hydrogen-bond donors (Lipinski definition) is 2. The quantitative estimate of drug-likeness (QED) is 0.673. The van der Waals surface area contributed by atoms with Crippen molar-refractivity contribution in [3.8, 4) is 0 Å². The van der Waals surface area contributed by atoms with E-state index in [0.717, 1.165) is 56.9 Å². The van der Waals surface area contributed by atoms with Gasteiger partial charge in [-0.3, -0.25) is 10.2 Å². The van der Waals surface area contributed by atoms with E-state index in [0.29, 0.717) is 32.1 Å². The van der Waals surface area contributed by atoms with E-state index in [1.54, 1.807) is 12.1 Å². The van der Waals surface area contributed by atoms with E-state index >= 15 is 0 Å². The Labute approximate surface area is 185 Å². The van der Waals surface area contributed by atoms with Crippen LogP contribution in [0.3, 0.4) is 0 Å². The molecule has 0 spiro atoms. The zero-order valence-electron chi connectivity index (χ0n) is 18.2. The summed E-state index contributed by atoms with van der Waals surface area (Å²) < 4.78 is 27.4. The highest BCUT2D eigenvalue weighted by atomic mass is 32.2. The summed E-state index contributed by atoms with van der Waals surface area (Å²) in [4.78, 5) is 14.4. The zero-order chi connectivity index (χ0) is 21.8. The number of nitrogens with zero attached hydrogens (tertiary/aromatic N) is 2. The van der Waals surface area contributed by atoms with E-state index < -0.39 is 10.0 Å². The van der Waals surface area contributed by atoms with Crippen LogP contribution in [-0.2, 0) is 21.2 Å². The Morgan fingerprint density at radius 1 is 0.968 bits per heavy atom. The van der Waals surface area contributed by atoms with Crippen LogP contribution < -0.4 is 5.32 Å². The van der Waals surface area contributed by atoms with Crippen LogP contribution in [0.2, 0.25) is 0 Å². The highest BCUT2D eigenvalue weighted by Crippen LogP contribution is 2.29. The lowest BCUT2D eigenvalue weighted by molar-refractivity contribution is -0.125. The fourth-order valence-corrected chi connectivity index (χ4v) is 6.54. The summed E-state index contributed by atoms with van der Waals surface area (Å²) in [6, 6.07) is 7.18. The topological polar surface area (TPSA) is 93.6 Å². The fraction of sp³-hybridized carbons (Fsp3) is 0.652. The minimum atomic E-state index is -3.72. The molecule has 31 heavy (non-hydrogen) atoms. The molecule has 0 unspecified atom stereocenters. The van der Waals surface area contributed by atoms with Gasteiger partial charge in [-0.2, -0.15) is 0 Å². The SMILES string of the molecule is N=C1N(C2CCCC2)CCN1S(=O)(=O)c1ccc(CCNC(=O)C2CCCCC2)cc1. The molecular formula is C23H34N4O3S. The average molecular weight is 447 g/mol. The van der Waals surface area contributed by atoms with E-state index in [1.165, 1.54) is 10.7 Å². The van der Waals surface area contributed by atoms with Crippen molar-refractivity contribution >= 4 is 21.9 Å². The first-order valence-corrected chi connectivity index (χ1v) is 13.2. The average Bonchev–Trinajstić information content (AvgIpc) is 3.44. The number of hydrogen-bond acceptors (Lipinski definition) is 4. The summed E-state index contributed by atoms with van der Waals surface area (Å²) in [6.45, 7) is 1.50. The monoisotopic (exact) mass is 446 g/mol. The largest absolute Gasteiger partial charge is 0.356 e. The molecule has 2 saturated carbocycles. The summed E-state index contributed by atoms with van der Waals surface area (Å²) >= 11 is 0. The molecule has 2 aliphatic carbocycles. The summed E-state index contributed by atoms with van der Waals surface area (Å²) in [5.74, 6) is 0.417. The Balaban J connectivity index is 1.31. The van der Waals surface area contributed by atoms with Gasteiger partial charge in [0.2, 0.25) is 11.9 Å². The van der Waals surface area contributed by atoms with Crippen LogP contribution in [0.5, 0.6) is 0 Å². The molecule has 4 rings (SSSR count). The third-order valence-corrected chi connectivity index (χ3v) is 8.82. The molecule has 0 radical (unpaired) electrons. The van der Waals surface area contributed by atoms with Gasteiger partial charge in [-0.25, -0.2) is 12.7 Å². The van der Waals surface area contributed by atoms with Crippen LogP contribution in [0.4, 0.5) is 0 Å². The molecule has 7 nitrogen and oxygen atoms in total. The van der Waals surface area contributed by atoms with Crippen LogP contribution in [0.15, 0.2) is 29.2 Å². The smallest absolute Gasteiger partial charge is 0.266 e. The normalized spacial score (nSPS) is 21.1. The van der Waals surface area contributed by atoms with E-state index in [1.807, 2.05) is 17.0 Å². The lowest BCUT2D eigenvalue weighted by Crippen LogP contribution is -2.40. The van der Waals surface area contributed by atoms with Crippen molar-refractivity contribution in [1.82, 2.24) is 14.5 Å². The third-order valence-electron chi connectivity index (χ3n) is 7.02. The number of rotatable bonds is 7. The van der Waals surface area contributed by atoms with Crippen LogP contribution >= 0.6 is 0 Å². The number of nitrogens with one attached hydrogen (secondary N) is 2. The van der Waals surface area contributed by atoms with Crippen molar-refractivity contribution in [1.29, 1.82) is 5.41 Å². The second kappa shape index (κ2) is 9.59. The molecule has 1 saturated heterocycles. The minimum Gasteiger partial charge on any atom is -0.356 e. The number of sulfonamides is 1. The fourth-order valence-electron chi connectivity index (χ4n) is 5.15. The second-order valence-electron chi connectivity index (χ2n) is 9.05. The maximum absolute atomic E-state index is 13.1. The first-order chi connectivity index (χ1) is 15.0. The van der Waals surface area contributed by atoms with Crippen molar-refractivity contribution in [3.05, 3.63) is 29.8 Å². The standard InChI is InChI=1S/C23H34N4O3S/c24-23-26(20-8-4-5-9-20)16-17-27(23)31(29,30)21-12-10-18(11-13-21)14-15-25-22(28)19-6-2-1-3-7-19/h10-13,19-20,24H,1-9,14-17H2,(H,25,28). The first kappa shape index (κ1) is 22.1. The molecule has 0 bridgehead atoms. The third kappa shape index (κ3) is 4.89. The summed E-state index contributed by atoms with van der Waals surface area (Å²) in [5, 5.41) is 11.5. The number of amides is 1. The van der Waals surface area contributed by atoms with Gasteiger partial charge in [-0.05, 0) is 49.8 Å². The molecule has 0 atom stereocenters. The molecule has 1 aliphatic heterocycles. The molecule has 3 aliphatic rings. The van der Waals surface area contributed by atoms with Crippen molar-refractivity contribution < 1.29 is 13.2 Å². The van der Waals surface area contributed by atoms with Gasteiger partial charge in [0.15, 0.2) is 0 Å². The molecule has 0 aromatic heterocycles. The summed E-state index contributed by atoms with van der Waals surface area (Å²) in [5.41, 5.74) is 0.993. The Bertz CT molecular complexity index is 888. The van der Waals surface area contributed by atoms with Gasteiger partial charge in [0, 0.05) is 25.0 Å². The molecule has 2 N–H and O–H groups in total. The predicted molar refractivity (Wildman–Crippen MR) is 120 cm³/mol. The molecule has 1 aromatic rings. The Morgan fingerprint density at radius 3 is 2.29 bits per heavy atom. The van der Waals surface area contributed by atoms with Crippen molar-refractivity contribution in [2.24, 2.45) is 5.92 Å². The Kier molecular flexibility index (Phi) is 6.84. The maximum Gasteiger partial charge on any atom is 0.266 e. The van der Waals surface area contributed by atoms with Crippen molar-refractivity contribution in [2.75, 3.05) is 19.6 Å². The zero-order valence-corrected chi connectivity index (χ0v) is 19.0. The van der Waals surface area contributed by atoms with Crippen LogP contribution in [0, 0.1) is 11.3 Å². The van der Waals surface area contributed by atoms with Crippen LogP contribution in [0.1, 0.15) is 63.4 Å². The van der Waals surface area contributed by atoms with E-state index in [-0.39, 0.29) is 22.7 Å². The Hall–Kier alpha value is -2.09. The lowest BCUT2D eigenvalue weighted by atomic mass is 9.88. The van der Waals surface area contributed by atoms with Gasteiger partial charge < -0.3 is 10.2 Å². The van der Waals surface area contributed by atoms with Gasteiger partial charge >= 0.3 is 0 Å². The van der Waals surface area contributed by atoms with Gasteiger partial charge in [0.25, 0.3) is 10.0 Å². The number of carbonyl (C=O) groups is 1. The van der Waals surface area contributed by atoms with Gasteiger partial charge in [-0.1, -0.05) is 44.2 Å². The Morgan fingerprint density at radius 2 is 1.61 bits per heavy atom. The van der Waals surface area contributed by atoms with Gasteiger partial charge in [0.05, 0.1) is 11.4 Å². The van der Waals surface area contributed by atoms with Crippen molar-refractivity contribution in [3.63, 3.8) is 0 Å². The molecule has 1 amide bonds. The highest BCUT2D eigenvalue weighted by molar-refractivity contribution is 7.89. The highest BCUT2D eigenvalue weighted by Gasteiger charge is 2.38. The summed E-state index contributed by atoms with van der Waals surface area (Å²) in [7, 11) is -3.72. The van der Waals surface area contributed by atoms with E-state index in [9.17, 15) is 13.2 Å². The number of guanidine groups is 1. The van der Waals surface area contributed by atoms with Crippen LogP contribution in [0.25, 0.3) is 0 Å². The first-order valence-electron chi connectivity index (χ1n) is 11.7. The van der Waals surface area contributed by atoms with E-state index in [2.05, 4.69) is 5.32 Å². The molecule has 1 aromatic carbocycles. The molecule has 8 heteroatoms. The van der Waals surface area contributed by atoms with Crippen LogP contribution in [-0.4, -0.2) is 55.2 Å². The lowest BCUT2D eigenvalue weighted by Gasteiger charge is -2.26. The second-order valence-corrected chi connectivity index (χ2v) is 10.9. The summed E-state index contributed by atoms with van der Waals surface area (Å²) in [6.07, 6.45) is 10.6. The van der Waals surface area contributed by atoms with Gasteiger partial charge in [-0.15, -0.1) is 0 Å². The predicted octanol–water partition coefficient (Wildman–Crippen LogP) is 3.11. The number of benzene rings is 1. The maximum atomic E-state index is 13.1. The van der Waals surface area contributed by atoms with E-state index in [4.69, 9.17) is 5.41 Å². The van der Waals surface area contributed by atoms with Gasteiger partial charge in [0.1, 0.15) is 0 Å². The molecule has 170 valence electrons. The molecule has 1 heterocycles. The van der Waals surface area contributed by atoms with Crippen molar-refractivity contribution in [2.45, 2.75) is 75.1 Å².